The molecular weight excluding hydrogens is 290 g/mol. The highest BCUT2D eigenvalue weighted by atomic mass is 35.5. The molecule has 0 amide bonds. The number of benzene rings is 1. The molecule has 0 aliphatic carbocycles. The van der Waals surface area contributed by atoms with Gasteiger partial charge in [0.05, 0.1) is 5.56 Å². The molecule has 4 nitrogen and oxygen atoms in total. The summed E-state index contributed by atoms with van der Waals surface area (Å²) in [6, 6.07) is 10.4. The number of aromatic nitrogens is 1. The molecule has 2 rings (SSSR count). The third kappa shape index (κ3) is 3.67. The minimum absolute atomic E-state index is 0.0876. The monoisotopic (exact) mass is 303 g/mol. The van der Waals surface area contributed by atoms with Gasteiger partial charge in [-0.3, -0.25) is 4.79 Å². The lowest BCUT2D eigenvalue weighted by atomic mass is 10.1. The fraction of sp³-hybridized carbons (Fsp3) is 0.188. The van der Waals surface area contributed by atoms with Gasteiger partial charge in [0.1, 0.15) is 5.15 Å². The fourth-order valence-electron chi connectivity index (χ4n) is 1.95. The number of Topliss-reactive ketones (excluding diaryl/α,β-unsaturated/α-hetero) is 1. The summed E-state index contributed by atoms with van der Waals surface area (Å²) < 4.78 is 5.03. The topological polar surface area (TPSA) is 56.3 Å². The molecule has 0 aliphatic heterocycles. The first-order valence-electron chi connectivity index (χ1n) is 6.38. The van der Waals surface area contributed by atoms with Crippen LogP contribution in [0.1, 0.15) is 32.0 Å². The molecule has 1 aromatic carbocycles. The number of rotatable bonds is 4. The Kier molecular flexibility index (Phi) is 4.70. The van der Waals surface area contributed by atoms with Crippen LogP contribution in [0, 0.1) is 13.8 Å². The minimum atomic E-state index is -0.644. The van der Waals surface area contributed by atoms with Crippen LogP contribution in [0.2, 0.25) is 5.15 Å². The second-order valence-corrected chi connectivity index (χ2v) is 4.97. The molecule has 0 unspecified atom stereocenters. The number of aryl methyl sites for hydroxylation is 2. The van der Waals surface area contributed by atoms with Crippen LogP contribution in [0.4, 0.5) is 0 Å². The van der Waals surface area contributed by atoms with Crippen LogP contribution in [0.25, 0.3) is 0 Å². The average Bonchev–Trinajstić information content (AvgIpc) is 2.44. The number of halogens is 1. The third-order valence-corrected chi connectivity index (χ3v) is 3.21. The van der Waals surface area contributed by atoms with E-state index in [2.05, 4.69) is 4.98 Å². The molecule has 108 valence electrons. The van der Waals surface area contributed by atoms with E-state index in [9.17, 15) is 9.59 Å². The predicted octanol–water partition coefficient (Wildman–Crippen LogP) is 3.39. The van der Waals surface area contributed by atoms with Crippen molar-refractivity contribution in [3.8, 4) is 0 Å². The van der Waals surface area contributed by atoms with Gasteiger partial charge in [0, 0.05) is 11.3 Å². The maximum Gasteiger partial charge on any atom is 0.342 e. The minimum Gasteiger partial charge on any atom is -0.454 e. The second-order valence-electron chi connectivity index (χ2n) is 4.61. The number of pyridine rings is 1. The molecular formula is C16H14ClNO3. The highest BCUT2D eigenvalue weighted by Gasteiger charge is 2.18. The Morgan fingerprint density at radius 1 is 1.19 bits per heavy atom. The van der Waals surface area contributed by atoms with Gasteiger partial charge in [-0.05, 0) is 25.5 Å². The van der Waals surface area contributed by atoms with Gasteiger partial charge in [-0.15, -0.1) is 0 Å². The zero-order chi connectivity index (χ0) is 15.4. The van der Waals surface area contributed by atoms with E-state index in [1.165, 1.54) is 0 Å². The fourth-order valence-corrected chi connectivity index (χ4v) is 2.31. The molecule has 5 heteroatoms. The smallest absolute Gasteiger partial charge is 0.342 e. The first kappa shape index (κ1) is 15.2. The predicted molar refractivity (Wildman–Crippen MR) is 79.8 cm³/mol. The normalized spacial score (nSPS) is 10.2. The molecule has 0 bridgehead atoms. The van der Waals surface area contributed by atoms with Crippen LogP contribution in [0.5, 0.6) is 0 Å². The van der Waals surface area contributed by atoms with Crippen molar-refractivity contribution in [2.24, 2.45) is 0 Å². The Labute approximate surface area is 127 Å². The molecule has 0 saturated heterocycles. The standard InChI is InChI=1S/C16H14ClNO3/c1-10-8-11(2)18-15(17)14(10)16(20)21-9-13(19)12-6-4-3-5-7-12/h3-8H,9H2,1-2H3. The summed E-state index contributed by atoms with van der Waals surface area (Å²) in [6.45, 7) is 3.20. The van der Waals surface area contributed by atoms with E-state index in [0.717, 1.165) is 5.69 Å². The number of hydrogen-bond acceptors (Lipinski definition) is 4. The lowest BCUT2D eigenvalue weighted by Gasteiger charge is -2.09. The molecule has 0 saturated carbocycles. The number of carbonyl (C=O) groups excluding carboxylic acids is 2. The van der Waals surface area contributed by atoms with E-state index in [1.807, 2.05) is 6.07 Å². The van der Waals surface area contributed by atoms with E-state index < -0.39 is 5.97 Å². The molecule has 21 heavy (non-hydrogen) atoms. The van der Waals surface area contributed by atoms with E-state index in [1.54, 1.807) is 44.2 Å². The Hall–Kier alpha value is -2.20. The van der Waals surface area contributed by atoms with Gasteiger partial charge in [0.15, 0.2) is 12.4 Å². The average molecular weight is 304 g/mol. The highest BCUT2D eigenvalue weighted by Crippen LogP contribution is 2.19. The molecule has 0 radical (unpaired) electrons. The lowest BCUT2D eigenvalue weighted by molar-refractivity contribution is 0.0473. The van der Waals surface area contributed by atoms with Crippen molar-refractivity contribution < 1.29 is 14.3 Å². The number of nitrogens with zero attached hydrogens (tertiary/aromatic N) is 1. The van der Waals surface area contributed by atoms with Gasteiger partial charge in [0.25, 0.3) is 0 Å². The lowest BCUT2D eigenvalue weighted by Crippen LogP contribution is -2.16. The van der Waals surface area contributed by atoms with Gasteiger partial charge in [0.2, 0.25) is 0 Å². The van der Waals surface area contributed by atoms with Crippen LogP contribution in [-0.2, 0) is 4.74 Å². The van der Waals surface area contributed by atoms with E-state index in [4.69, 9.17) is 16.3 Å². The second kappa shape index (κ2) is 6.50. The Morgan fingerprint density at radius 3 is 2.48 bits per heavy atom. The quantitative estimate of drug-likeness (QED) is 0.493. The summed E-state index contributed by atoms with van der Waals surface area (Å²) >= 11 is 5.97. The van der Waals surface area contributed by atoms with E-state index in [0.29, 0.717) is 11.1 Å². The maximum atomic E-state index is 12.0. The van der Waals surface area contributed by atoms with Gasteiger partial charge in [-0.25, -0.2) is 9.78 Å². The van der Waals surface area contributed by atoms with Crippen molar-refractivity contribution in [3.05, 3.63) is 63.9 Å². The number of ketones is 1. The largest absolute Gasteiger partial charge is 0.454 e. The maximum absolute atomic E-state index is 12.0. The van der Waals surface area contributed by atoms with Crippen LogP contribution >= 0.6 is 11.6 Å². The van der Waals surface area contributed by atoms with Crippen molar-refractivity contribution >= 4 is 23.4 Å². The SMILES string of the molecule is Cc1cc(C)c(C(=O)OCC(=O)c2ccccc2)c(Cl)n1. The van der Waals surface area contributed by atoms with E-state index in [-0.39, 0.29) is 23.1 Å². The van der Waals surface area contributed by atoms with Crippen molar-refractivity contribution in [1.82, 2.24) is 4.98 Å². The Morgan fingerprint density at radius 2 is 1.86 bits per heavy atom. The molecule has 0 spiro atoms. The van der Waals surface area contributed by atoms with Crippen LogP contribution < -0.4 is 0 Å². The van der Waals surface area contributed by atoms with Crippen molar-refractivity contribution in [1.29, 1.82) is 0 Å². The van der Waals surface area contributed by atoms with Crippen LogP contribution in [0.15, 0.2) is 36.4 Å². The third-order valence-electron chi connectivity index (χ3n) is 2.93. The summed E-state index contributed by atoms with van der Waals surface area (Å²) in [5, 5.41) is 0.0876. The molecule has 0 fully saturated rings. The molecule has 0 aliphatic rings. The zero-order valence-corrected chi connectivity index (χ0v) is 12.5. The van der Waals surface area contributed by atoms with Gasteiger partial charge in [-0.1, -0.05) is 41.9 Å². The zero-order valence-electron chi connectivity index (χ0n) is 11.7. The van der Waals surface area contributed by atoms with E-state index >= 15 is 0 Å². The summed E-state index contributed by atoms with van der Waals surface area (Å²) in [5.74, 6) is -0.910. The number of ether oxygens (including phenoxy) is 1. The van der Waals surface area contributed by atoms with Gasteiger partial charge < -0.3 is 4.74 Å². The summed E-state index contributed by atoms with van der Waals surface area (Å²) in [6.07, 6.45) is 0. The molecule has 0 atom stereocenters. The highest BCUT2D eigenvalue weighted by molar-refractivity contribution is 6.32. The number of carbonyl (C=O) groups is 2. The first-order chi connectivity index (χ1) is 9.99. The number of hydrogen-bond donors (Lipinski definition) is 0. The number of esters is 1. The molecule has 1 aromatic heterocycles. The first-order valence-corrected chi connectivity index (χ1v) is 6.76. The van der Waals surface area contributed by atoms with Crippen molar-refractivity contribution in [2.45, 2.75) is 13.8 Å². The molecule has 2 aromatic rings. The Bertz CT molecular complexity index is 660. The van der Waals surface area contributed by atoms with Gasteiger partial charge in [-0.2, -0.15) is 0 Å². The van der Waals surface area contributed by atoms with Gasteiger partial charge >= 0.3 is 5.97 Å². The van der Waals surface area contributed by atoms with Crippen LogP contribution in [0.3, 0.4) is 0 Å². The molecule has 1 heterocycles. The summed E-state index contributed by atoms with van der Waals surface area (Å²) in [5.41, 5.74) is 2.08. The Balaban J connectivity index is 2.08. The van der Waals surface area contributed by atoms with Crippen LogP contribution in [-0.4, -0.2) is 23.3 Å². The molecule has 0 N–H and O–H groups in total. The summed E-state index contributed by atoms with van der Waals surface area (Å²) in [4.78, 5) is 27.9. The van der Waals surface area contributed by atoms with Crippen molar-refractivity contribution in [3.63, 3.8) is 0 Å². The summed E-state index contributed by atoms with van der Waals surface area (Å²) in [7, 11) is 0. The van der Waals surface area contributed by atoms with Crippen molar-refractivity contribution in [2.75, 3.05) is 6.61 Å².